The van der Waals surface area contributed by atoms with Crippen molar-refractivity contribution >= 4 is 28.6 Å². The summed E-state index contributed by atoms with van der Waals surface area (Å²) in [6, 6.07) is 16.9. The van der Waals surface area contributed by atoms with Crippen molar-refractivity contribution in [2.24, 2.45) is 0 Å². The van der Waals surface area contributed by atoms with E-state index in [0.29, 0.717) is 17.2 Å². The maximum absolute atomic E-state index is 12.1. The second kappa shape index (κ2) is 9.23. The van der Waals surface area contributed by atoms with Crippen molar-refractivity contribution in [3.05, 3.63) is 54.6 Å². The molecule has 3 aromatic carbocycles. The Bertz CT molecular complexity index is 976. The number of amides is 1. The van der Waals surface area contributed by atoms with Crippen LogP contribution >= 0.6 is 11.9 Å². The highest BCUT2D eigenvalue weighted by Gasteiger charge is 2.08. The van der Waals surface area contributed by atoms with Gasteiger partial charge in [0.15, 0.2) is 18.1 Å². The summed E-state index contributed by atoms with van der Waals surface area (Å²) >= 11 is 1.19. The van der Waals surface area contributed by atoms with Crippen LogP contribution in [0.15, 0.2) is 59.5 Å². The van der Waals surface area contributed by atoms with E-state index in [-0.39, 0.29) is 12.5 Å². The second-order valence-electron chi connectivity index (χ2n) is 5.81. The highest BCUT2D eigenvalue weighted by molar-refractivity contribution is 7.98. The first-order valence-corrected chi connectivity index (χ1v) is 9.33. The summed E-state index contributed by atoms with van der Waals surface area (Å²) < 4.78 is 24.1. The lowest BCUT2D eigenvalue weighted by atomic mass is 10.1. The standard InChI is InChI=1S/C21H21NO5S/c1-24-16-6-4-14-5-7-17(11-15(14)10-16)27-13-21(23)22-28-18-8-9-19(25-2)20(12-18)26-3/h4-12H,13H2,1-3H3,(H,22,23). The summed E-state index contributed by atoms with van der Waals surface area (Å²) in [5.41, 5.74) is 0. The molecule has 0 radical (unpaired) electrons. The van der Waals surface area contributed by atoms with Crippen molar-refractivity contribution in [3.63, 3.8) is 0 Å². The summed E-state index contributed by atoms with van der Waals surface area (Å²) in [4.78, 5) is 12.9. The van der Waals surface area contributed by atoms with Crippen molar-refractivity contribution in [3.8, 4) is 23.0 Å². The molecule has 1 amide bonds. The Labute approximate surface area is 167 Å². The molecule has 0 fully saturated rings. The molecule has 28 heavy (non-hydrogen) atoms. The lowest BCUT2D eigenvalue weighted by Gasteiger charge is -2.10. The Morgan fingerprint density at radius 2 is 1.54 bits per heavy atom. The van der Waals surface area contributed by atoms with E-state index < -0.39 is 0 Å². The molecule has 0 spiro atoms. The largest absolute Gasteiger partial charge is 0.497 e. The Morgan fingerprint density at radius 3 is 2.25 bits per heavy atom. The monoisotopic (exact) mass is 399 g/mol. The quantitative estimate of drug-likeness (QED) is 0.576. The van der Waals surface area contributed by atoms with Gasteiger partial charge in [0.1, 0.15) is 11.5 Å². The van der Waals surface area contributed by atoms with Crippen LogP contribution in [0.1, 0.15) is 0 Å². The van der Waals surface area contributed by atoms with Crippen molar-refractivity contribution < 1.29 is 23.7 Å². The molecule has 3 aromatic rings. The minimum Gasteiger partial charge on any atom is -0.497 e. The third-order valence-corrected chi connectivity index (χ3v) is 4.85. The molecule has 0 aliphatic rings. The molecular formula is C21H21NO5S. The van der Waals surface area contributed by atoms with Gasteiger partial charge in [-0.25, -0.2) is 0 Å². The van der Waals surface area contributed by atoms with Crippen molar-refractivity contribution in [2.45, 2.75) is 4.90 Å². The van der Waals surface area contributed by atoms with Crippen LogP contribution in [-0.4, -0.2) is 33.8 Å². The maximum Gasteiger partial charge on any atom is 0.267 e. The average molecular weight is 399 g/mol. The number of benzene rings is 3. The zero-order valence-corrected chi connectivity index (χ0v) is 16.7. The molecule has 6 nitrogen and oxygen atoms in total. The number of rotatable bonds is 8. The predicted octanol–water partition coefficient (Wildman–Crippen LogP) is 4.07. The van der Waals surface area contributed by atoms with Crippen LogP contribution in [0.25, 0.3) is 10.8 Å². The number of hydrogen-bond acceptors (Lipinski definition) is 6. The molecule has 7 heteroatoms. The number of ether oxygens (including phenoxy) is 4. The summed E-state index contributed by atoms with van der Waals surface area (Å²) in [5, 5.41) is 2.05. The lowest BCUT2D eigenvalue weighted by Crippen LogP contribution is -2.23. The van der Waals surface area contributed by atoms with Crippen LogP contribution in [0.3, 0.4) is 0 Å². The van der Waals surface area contributed by atoms with Gasteiger partial charge in [0.25, 0.3) is 5.91 Å². The number of fused-ring (bicyclic) bond motifs is 1. The van der Waals surface area contributed by atoms with Crippen LogP contribution in [0.2, 0.25) is 0 Å². The van der Waals surface area contributed by atoms with Gasteiger partial charge in [0, 0.05) is 4.90 Å². The predicted molar refractivity (Wildman–Crippen MR) is 110 cm³/mol. The Hall–Kier alpha value is -3.06. The summed E-state index contributed by atoms with van der Waals surface area (Å²) in [6.07, 6.45) is 0. The smallest absolute Gasteiger partial charge is 0.267 e. The molecular weight excluding hydrogens is 378 g/mol. The number of carbonyl (C=O) groups is 1. The number of methoxy groups -OCH3 is 3. The first-order chi connectivity index (χ1) is 13.6. The summed E-state index contributed by atoms with van der Waals surface area (Å²) in [7, 11) is 4.77. The molecule has 0 aliphatic heterocycles. The molecule has 146 valence electrons. The first kappa shape index (κ1) is 19.7. The van der Waals surface area contributed by atoms with Crippen LogP contribution in [0.4, 0.5) is 0 Å². The molecule has 0 heterocycles. The zero-order valence-electron chi connectivity index (χ0n) is 15.9. The van der Waals surface area contributed by atoms with E-state index in [1.807, 2.05) is 42.5 Å². The molecule has 0 aromatic heterocycles. The van der Waals surface area contributed by atoms with Gasteiger partial charge in [-0.15, -0.1) is 0 Å². The summed E-state index contributed by atoms with van der Waals surface area (Å²) in [5.74, 6) is 2.38. The van der Waals surface area contributed by atoms with E-state index in [9.17, 15) is 4.79 Å². The van der Waals surface area contributed by atoms with Crippen molar-refractivity contribution in [1.82, 2.24) is 4.72 Å². The normalized spacial score (nSPS) is 10.4. The molecule has 0 bridgehead atoms. The third kappa shape index (κ3) is 4.80. The van der Waals surface area contributed by atoms with Gasteiger partial charge in [-0.05, 0) is 65.2 Å². The fourth-order valence-corrected chi connectivity index (χ4v) is 3.19. The van der Waals surface area contributed by atoms with Gasteiger partial charge in [0.05, 0.1) is 21.3 Å². The van der Waals surface area contributed by atoms with Crippen LogP contribution < -0.4 is 23.7 Å². The number of carbonyl (C=O) groups excluding carboxylic acids is 1. The second-order valence-corrected chi connectivity index (χ2v) is 6.69. The Morgan fingerprint density at radius 1 is 0.821 bits per heavy atom. The zero-order chi connectivity index (χ0) is 19.9. The van der Waals surface area contributed by atoms with Crippen LogP contribution in [0.5, 0.6) is 23.0 Å². The Balaban J connectivity index is 1.56. The SMILES string of the molecule is COc1ccc2ccc(OCC(=O)NSc3ccc(OC)c(OC)c3)cc2c1. The fourth-order valence-electron chi connectivity index (χ4n) is 2.59. The van der Waals surface area contributed by atoms with E-state index in [1.54, 1.807) is 33.5 Å². The third-order valence-electron chi connectivity index (χ3n) is 4.03. The van der Waals surface area contributed by atoms with E-state index in [2.05, 4.69) is 4.72 Å². The lowest BCUT2D eigenvalue weighted by molar-refractivity contribution is -0.121. The molecule has 0 saturated heterocycles. The van der Waals surface area contributed by atoms with Gasteiger partial charge in [-0.1, -0.05) is 12.1 Å². The molecule has 3 rings (SSSR count). The van der Waals surface area contributed by atoms with E-state index >= 15 is 0 Å². The highest BCUT2D eigenvalue weighted by Crippen LogP contribution is 2.31. The molecule has 1 N–H and O–H groups in total. The Kier molecular flexibility index (Phi) is 6.49. The fraction of sp³-hybridized carbons (Fsp3) is 0.190. The molecule has 0 atom stereocenters. The van der Waals surface area contributed by atoms with E-state index in [4.69, 9.17) is 18.9 Å². The van der Waals surface area contributed by atoms with Crippen LogP contribution in [-0.2, 0) is 4.79 Å². The van der Waals surface area contributed by atoms with Crippen LogP contribution in [0, 0.1) is 0 Å². The first-order valence-electron chi connectivity index (χ1n) is 8.51. The topological polar surface area (TPSA) is 66.0 Å². The summed E-state index contributed by atoms with van der Waals surface area (Å²) in [6.45, 7) is -0.0875. The van der Waals surface area contributed by atoms with Gasteiger partial charge >= 0.3 is 0 Å². The minimum absolute atomic E-state index is 0.0875. The van der Waals surface area contributed by atoms with Gasteiger partial charge in [0.2, 0.25) is 0 Å². The van der Waals surface area contributed by atoms with Crippen molar-refractivity contribution in [2.75, 3.05) is 27.9 Å². The maximum atomic E-state index is 12.1. The van der Waals surface area contributed by atoms with Gasteiger partial charge < -0.3 is 18.9 Å². The average Bonchev–Trinajstić information content (AvgIpc) is 2.75. The highest BCUT2D eigenvalue weighted by atomic mass is 32.2. The van der Waals surface area contributed by atoms with E-state index in [0.717, 1.165) is 21.4 Å². The number of nitrogens with one attached hydrogen (secondary N) is 1. The molecule has 0 unspecified atom stereocenters. The van der Waals surface area contributed by atoms with E-state index in [1.165, 1.54) is 11.9 Å². The minimum atomic E-state index is -0.245. The molecule has 0 saturated carbocycles. The molecule has 0 aliphatic carbocycles. The van der Waals surface area contributed by atoms with Gasteiger partial charge in [-0.2, -0.15) is 0 Å². The van der Waals surface area contributed by atoms with Gasteiger partial charge in [-0.3, -0.25) is 9.52 Å². The van der Waals surface area contributed by atoms with Crippen molar-refractivity contribution in [1.29, 1.82) is 0 Å². The number of hydrogen-bond donors (Lipinski definition) is 1.